The molecule has 0 bridgehead atoms. The Kier molecular flexibility index (Phi) is 4.26. The standard InChI is InChI=1S/C10H7Cl2F2NO/c1-5(11)4-15-10(16)6-2-8(13)9(14)3-7(6)12/h2-3H,1,4H2,(H,15,16). The van der Waals surface area contributed by atoms with Gasteiger partial charge in [-0.1, -0.05) is 29.8 Å². The van der Waals surface area contributed by atoms with Gasteiger partial charge in [-0.05, 0) is 12.1 Å². The SMILES string of the molecule is C=C(Cl)CNC(=O)c1cc(F)c(F)cc1Cl. The average molecular weight is 266 g/mol. The molecule has 0 unspecified atom stereocenters. The highest BCUT2D eigenvalue weighted by atomic mass is 35.5. The molecule has 1 amide bonds. The van der Waals surface area contributed by atoms with Crippen LogP contribution in [-0.4, -0.2) is 12.5 Å². The Morgan fingerprint density at radius 2 is 1.94 bits per heavy atom. The van der Waals surface area contributed by atoms with Gasteiger partial charge in [-0.2, -0.15) is 0 Å². The maximum atomic E-state index is 12.9. The van der Waals surface area contributed by atoms with Crippen LogP contribution in [0.3, 0.4) is 0 Å². The van der Waals surface area contributed by atoms with Crippen molar-refractivity contribution in [3.63, 3.8) is 0 Å². The molecular weight excluding hydrogens is 259 g/mol. The van der Waals surface area contributed by atoms with Crippen molar-refractivity contribution in [2.45, 2.75) is 0 Å². The molecule has 86 valence electrons. The molecule has 16 heavy (non-hydrogen) atoms. The summed E-state index contributed by atoms with van der Waals surface area (Å²) in [5, 5.41) is 2.39. The molecule has 0 saturated heterocycles. The number of carbonyl (C=O) groups is 1. The predicted molar refractivity (Wildman–Crippen MR) is 58.7 cm³/mol. The maximum absolute atomic E-state index is 12.9. The van der Waals surface area contributed by atoms with Crippen molar-refractivity contribution >= 4 is 29.1 Å². The lowest BCUT2D eigenvalue weighted by Crippen LogP contribution is -2.25. The topological polar surface area (TPSA) is 29.1 Å². The van der Waals surface area contributed by atoms with Crippen molar-refractivity contribution in [3.05, 3.63) is 46.0 Å². The van der Waals surface area contributed by atoms with E-state index in [1.807, 2.05) is 0 Å². The van der Waals surface area contributed by atoms with E-state index >= 15 is 0 Å². The Morgan fingerprint density at radius 1 is 1.38 bits per heavy atom. The van der Waals surface area contributed by atoms with Crippen LogP contribution in [-0.2, 0) is 0 Å². The van der Waals surface area contributed by atoms with Crippen LogP contribution in [0.1, 0.15) is 10.4 Å². The van der Waals surface area contributed by atoms with E-state index in [9.17, 15) is 13.6 Å². The van der Waals surface area contributed by atoms with E-state index in [-0.39, 0.29) is 22.2 Å². The fourth-order valence-electron chi connectivity index (χ4n) is 0.968. The largest absolute Gasteiger partial charge is 0.347 e. The van der Waals surface area contributed by atoms with E-state index in [1.165, 1.54) is 0 Å². The maximum Gasteiger partial charge on any atom is 0.253 e. The van der Waals surface area contributed by atoms with Gasteiger partial charge in [0.15, 0.2) is 11.6 Å². The van der Waals surface area contributed by atoms with Crippen LogP contribution in [0.4, 0.5) is 8.78 Å². The first kappa shape index (κ1) is 12.9. The molecular formula is C10H7Cl2F2NO. The monoisotopic (exact) mass is 265 g/mol. The van der Waals surface area contributed by atoms with Crippen LogP contribution in [0, 0.1) is 11.6 Å². The van der Waals surface area contributed by atoms with Crippen LogP contribution in [0.5, 0.6) is 0 Å². The molecule has 0 aliphatic carbocycles. The van der Waals surface area contributed by atoms with Gasteiger partial charge in [-0.15, -0.1) is 0 Å². The highest BCUT2D eigenvalue weighted by Gasteiger charge is 2.14. The van der Waals surface area contributed by atoms with Crippen molar-refractivity contribution in [1.29, 1.82) is 0 Å². The first-order valence-electron chi connectivity index (χ1n) is 4.18. The lowest BCUT2D eigenvalue weighted by atomic mass is 10.2. The lowest BCUT2D eigenvalue weighted by molar-refractivity contribution is 0.0957. The molecule has 0 atom stereocenters. The number of amides is 1. The van der Waals surface area contributed by atoms with Gasteiger partial charge in [0.25, 0.3) is 5.91 Å². The van der Waals surface area contributed by atoms with Crippen molar-refractivity contribution in [2.24, 2.45) is 0 Å². The average Bonchev–Trinajstić information content (AvgIpc) is 2.20. The molecule has 1 aromatic carbocycles. The van der Waals surface area contributed by atoms with Gasteiger partial charge in [0, 0.05) is 5.03 Å². The quantitative estimate of drug-likeness (QED) is 0.837. The summed E-state index contributed by atoms with van der Waals surface area (Å²) >= 11 is 11.0. The summed E-state index contributed by atoms with van der Waals surface area (Å²) in [6.07, 6.45) is 0. The van der Waals surface area contributed by atoms with Crippen LogP contribution in [0.15, 0.2) is 23.7 Å². The number of benzene rings is 1. The Morgan fingerprint density at radius 3 is 2.50 bits per heavy atom. The Balaban J connectivity index is 2.91. The minimum atomic E-state index is -1.14. The zero-order chi connectivity index (χ0) is 12.3. The second-order valence-corrected chi connectivity index (χ2v) is 3.89. The van der Waals surface area contributed by atoms with Crippen molar-refractivity contribution in [3.8, 4) is 0 Å². The van der Waals surface area contributed by atoms with E-state index in [0.717, 1.165) is 12.1 Å². The zero-order valence-electron chi connectivity index (χ0n) is 7.99. The Labute approximate surface area is 101 Å². The molecule has 2 nitrogen and oxygen atoms in total. The molecule has 1 N–H and O–H groups in total. The molecule has 0 radical (unpaired) electrons. The summed E-state index contributed by atoms with van der Waals surface area (Å²) < 4.78 is 25.6. The van der Waals surface area contributed by atoms with Crippen molar-refractivity contribution < 1.29 is 13.6 Å². The Hall–Kier alpha value is -1.13. The van der Waals surface area contributed by atoms with Gasteiger partial charge < -0.3 is 5.32 Å². The fraction of sp³-hybridized carbons (Fsp3) is 0.100. The molecule has 0 heterocycles. The van der Waals surface area contributed by atoms with Crippen LogP contribution in [0.25, 0.3) is 0 Å². The molecule has 6 heteroatoms. The normalized spacial score (nSPS) is 10.0. The number of carbonyl (C=O) groups excluding carboxylic acids is 1. The summed E-state index contributed by atoms with van der Waals surface area (Å²) in [7, 11) is 0. The molecule has 0 aliphatic rings. The molecule has 0 aromatic heterocycles. The smallest absolute Gasteiger partial charge is 0.253 e. The molecule has 0 aliphatic heterocycles. The van der Waals surface area contributed by atoms with E-state index in [0.29, 0.717) is 0 Å². The highest BCUT2D eigenvalue weighted by molar-refractivity contribution is 6.34. The molecule has 0 fully saturated rings. The zero-order valence-corrected chi connectivity index (χ0v) is 9.50. The minimum absolute atomic E-state index is 0.0235. The molecule has 1 aromatic rings. The van der Waals surface area contributed by atoms with Gasteiger partial charge in [0.05, 0.1) is 17.1 Å². The minimum Gasteiger partial charge on any atom is -0.347 e. The second kappa shape index (κ2) is 5.27. The first-order valence-corrected chi connectivity index (χ1v) is 4.93. The van der Waals surface area contributed by atoms with Crippen LogP contribution < -0.4 is 5.32 Å². The molecule has 0 saturated carbocycles. The predicted octanol–water partition coefficient (Wildman–Crippen LogP) is 3.10. The third-order valence-corrected chi connectivity index (χ3v) is 2.14. The fourth-order valence-corrected chi connectivity index (χ4v) is 1.27. The van der Waals surface area contributed by atoms with Crippen LogP contribution >= 0.6 is 23.2 Å². The molecule has 0 spiro atoms. The van der Waals surface area contributed by atoms with E-state index in [1.54, 1.807) is 0 Å². The van der Waals surface area contributed by atoms with E-state index < -0.39 is 17.5 Å². The number of nitrogens with one attached hydrogen (secondary N) is 1. The van der Waals surface area contributed by atoms with Gasteiger partial charge in [-0.3, -0.25) is 4.79 Å². The van der Waals surface area contributed by atoms with Crippen molar-refractivity contribution in [1.82, 2.24) is 5.32 Å². The van der Waals surface area contributed by atoms with Gasteiger partial charge >= 0.3 is 0 Å². The number of hydrogen-bond acceptors (Lipinski definition) is 1. The summed E-state index contributed by atoms with van der Waals surface area (Å²) in [5.41, 5.74) is -0.154. The summed E-state index contributed by atoms with van der Waals surface area (Å²) in [6.45, 7) is 3.38. The summed E-state index contributed by atoms with van der Waals surface area (Å²) in [4.78, 5) is 11.4. The highest BCUT2D eigenvalue weighted by Crippen LogP contribution is 2.19. The lowest BCUT2D eigenvalue weighted by Gasteiger charge is -2.06. The summed E-state index contributed by atoms with van der Waals surface area (Å²) in [6, 6.07) is 1.46. The third-order valence-electron chi connectivity index (χ3n) is 1.70. The number of halogens is 4. The van der Waals surface area contributed by atoms with Gasteiger partial charge in [-0.25, -0.2) is 8.78 Å². The third kappa shape index (κ3) is 3.18. The van der Waals surface area contributed by atoms with Crippen molar-refractivity contribution in [2.75, 3.05) is 6.54 Å². The van der Waals surface area contributed by atoms with E-state index in [4.69, 9.17) is 23.2 Å². The van der Waals surface area contributed by atoms with Gasteiger partial charge in [0.2, 0.25) is 0 Å². The Bertz CT molecular complexity index is 449. The second-order valence-electron chi connectivity index (χ2n) is 2.95. The molecule has 1 rings (SSSR count). The van der Waals surface area contributed by atoms with Gasteiger partial charge in [0.1, 0.15) is 0 Å². The summed E-state index contributed by atoms with van der Waals surface area (Å²) in [5.74, 6) is -2.90. The number of rotatable bonds is 3. The number of hydrogen-bond donors (Lipinski definition) is 1. The van der Waals surface area contributed by atoms with Crippen LogP contribution in [0.2, 0.25) is 5.02 Å². The first-order chi connectivity index (χ1) is 7.41. The van der Waals surface area contributed by atoms with E-state index in [2.05, 4.69) is 11.9 Å².